The second kappa shape index (κ2) is 7.37. The summed E-state index contributed by atoms with van der Waals surface area (Å²) in [6.45, 7) is 2.00. The maximum Gasteiger partial charge on any atom is 0.317 e. The molecule has 25 heavy (non-hydrogen) atoms. The average molecular weight is 374 g/mol. The van der Waals surface area contributed by atoms with Gasteiger partial charge in [0.1, 0.15) is 0 Å². The Balaban J connectivity index is 1.30. The van der Waals surface area contributed by atoms with Gasteiger partial charge in [-0.3, -0.25) is 0 Å². The molecule has 0 radical (unpaired) electrons. The van der Waals surface area contributed by atoms with E-state index in [2.05, 4.69) is 15.5 Å². The van der Waals surface area contributed by atoms with Crippen molar-refractivity contribution < 1.29 is 9.21 Å². The van der Waals surface area contributed by atoms with E-state index in [1.165, 1.54) is 0 Å². The van der Waals surface area contributed by atoms with Crippen LogP contribution in [0.25, 0.3) is 11.5 Å². The zero-order chi connectivity index (χ0) is 17.1. The Morgan fingerprint density at radius 2 is 2.16 bits per heavy atom. The van der Waals surface area contributed by atoms with Crippen LogP contribution >= 0.6 is 22.7 Å². The Morgan fingerprint density at radius 3 is 2.88 bits per heavy atom. The maximum absolute atomic E-state index is 12.3. The highest BCUT2D eigenvalue weighted by Gasteiger charge is 2.27. The highest BCUT2D eigenvalue weighted by molar-refractivity contribution is 7.09. The average Bonchev–Trinajstić information content (AvgIpc) is 3.42. The molecule has 0 spiro atoms. The molecule has 0 bridgehead atoms. The molecule has 1 aliphatic heterocycles. The van der Waals surface area contributed by atoms with E-state index in [0.717, 1.165) is 23.3 Å². The molecule has 1 N–H and O–H groups in total. The Kier molecular flexibility index (Phi) is 4.80. The lowest BCUT2D eigenvalue weighted by Gasteiger charge is -2.30. The van der Waals surface area contributed by atoms with Crippen LogP contribution in [0.15, 0.2) is 38.8 Å². The molecule has 0 atom stereocenters. The van der Waals surface area contributed by atoms with E-state index in [0.29, 0.717) is 31.4 Å². The summed E-state index contributed by atoms with van der Waals surface area (Å²) in [5, 5.41) is 17.3. The zero-order valence-corrected chi connectivity index (χ0v) is 15.2. The van der Waals surface area contributed by atoms with Gasteiger partial charge in [0.2, 0.25) is 11.8 Å². The van der Waals surface area contributed by atoms with Crippen molar-refractivity contribution >= 4 is 28.7 Å². The molecular formula is C17H18N4O2S2. The van der Waals surface area contributed by atoms with Gasteiger partial charge in [-0.1, -0.05) is 6.07 Å². The highest BCUT2D eigenvalue weighted by Crippen LogP contribution is 2.29. The Morgan fingerprint density at radius 1 is 1.28 bits per heavy atom. The minimum atomic E-state index is -0.00339. The first-order chi connectivity index (χ1) is 12.3. The van der Waals surface area contributed by atoms with Crippen molar-refractivity contribution in [3.63, 3.8) is 0 Å². The lowest BCUT2D eigenvalue weighted by molar-refractivity contribution is 0.177. The van der Waals surface area contributed by atoms with E-state index in [9.17, 15) is 4.79 Å². The molecule has 130 valence electrons. The summed E-state index contributed by atoms with van der Waals surface area (Å²) in [7, 11) is 0. The van der Waals surface area contributed by atoms with Gasteiger partial charge in [-0.05, 0) is 35.7 Å². The summed E-state index contributed by atoms with van der Waals surface area (Å²) in [5.74, 6) is 1.48. The fraction of sp³-hybridized carbons (Fsp3) is 0.353. The summed E-state index contributed by atoms with van der Waals surface area (Å²) in [5.41, 5.74) is 0.967. The normalized spacial score (nSPS) is 15.4. The first-order valence-corrected chi connectivity index (χ1v) is 10.0. The zero-order valence-electron chi connectivity index (χ0n) is 13.6. The minimum absolute atomic E-state index is 0.00339. The third-order valence-electron chi connectivity index (χ3n) is 4.33. The van der Waals surface area contributed by atoms with Crippen LogP contribution in [-0.2, 0) is 6.54 Å². The van der Waals surface area contributed by atoms with E-state index in [1.807, 2.05) is 39.2 Å². The van der Waals surface area contributed by atoms with Crippen LogP contribution in [0.2, 0.25) is 0 Å². The SMILES string of the molecule is O=C(NCc1cccs1)N1CCC(c2nnc(-c3ccsc3)o2)CC1. The molecule has 1 saturated heterocycles. The molecule has 1 aliphatic rings. The predicted octanol–water partition coefficient (Wildman–Crippen LogP) is 3.95. The molecule has 8 heteroatoms. The number of aromatic nitrogens is 2. The number of hydrogen-bond acceptors (Lipinski definition) is 6. The maximum atomic E-state index is 12.3. The van der Waals surface area contributed by atoms with Crippen molar-refractivity contribution in [2.45, 2.75) is 25.3 Å². The summed E-state index contributed by atoms with van der Waals surface area (Å²) in [6.07, 6.45) is 1.69. The molecule has 4 heterocycles. The van der Waals surface area contributed by atoms with E-state index in [1.54, 1.807) is 22.7 Å². The number of carbonyl (C=O) groups is 1. The second-order valence-electron chi connectivity index (χ2n) is 5.96. The molecular weight excluding hydrogens is 356 g/mol. The van der Waals surface area contributed by atoms with E-state index in [-0.39, 0.29) is 11.9 Å². The van der Waals surface area contributed by atoms with Crippen LogP contribution in [0.5, 0.6) is 0 Å². The first kappa shape index (κ1) is 16.3. The topological polar surface area (TPSA) is 71.3 Å². The number of hydrogen-bond donors (Lipinski definition) is 1. The summed E-state index contributed by atoms with van der Waals surface area (Å²) < 4.78 is 5.83. The van der Waals surface area contributed by atoms with E-state index >= 15 is 0 Å². The number of urea groups is 1. The van der Waals surface area contributed by atoms with Crippen LogP contribution in [0.3, 0.4) is 0 Å². The number of nitrogens with one attached hydrogen (secondary N) is 1. The van der Waals surface area contributed by atoms with Gasteiger partial charge >= 0.3 is 6.03 Å². The van der Waals surface area contributed by atoms with Gasteiger partial charge < -0.3 is 14.6 Å². The highest BCUT2D eigenvalue weighted by atomic mass is 32.1. The van der Waals surface area contributed by atoms with Crippen molar-refractivity contribution in [1.82, 2.24) is 20.4 Å². The Bertz CT molecular complexity index is 806. The molecule has 3 aromatic rings. The molecule has 0 aliphatic carbocycles. The standard InChI is InChI=1S/C17H18N4O2S2/c22-17(18-10-14-2-1-8-25-14)21-6-3-12(4-7-21)15-19-20-16(23-15)13-5-9-24-11-13/h1-2,5,8-9,11-12H,3-4,6-7,10H2,(H,18,22). The minimum Gasteiger partial charge on any atom is -0.420 e. The molecule has 3 aromatic heterocycles. The van der Waals surface area contributed by atoms with Gasteiger partial charge in [0.05, 0.1) is 6.54 Å². The number of likely N-dealkylation sites (tertiary alicyclic amines) is 1. The summed E-state index contributed by atoms with van der Waals surface area (Å²) in [6, 6.07) is 5.99. The molecule has 0 saturated carbocycles. The third-order valence-corrected chi connectivity index (χ3v) is 5.89. The quantitative estimate of drug-likeness (QED) is 0.751. The van der Waals surface area contributed by atoms with Crippen LogP contribution in [-0.4, -0.2) is 34.2 Å². The van der Waals surface area contributed by atoms with Gasteiger partial charge in [-0.15, -0.1) is 21.5 Å². The van der Waals surface area contributed by atoms with Crippen LogP contribution < -0.4 is 5.32 Å². The third kappa shape index (κ3) is 3.74. The number of thiophene rings is 2. The summed E-state index contributed by atoms with van der Waals surface area (Å²) in [4.78, 5) is 15.3. The summed E-state index contributed by atoms with van der Waals surface area (Å²) >= 11 is 3.26. The number of piperidine rings is 1. The number of amides is 2. The molecule has 4 rings (SSSR count). The number of carbonyl (C=O) groups excluding carboxylic acids is 1. The predicted molar refractivity (Wildman–Crippen MR) is 97.7 cm³/mol. The van der Waals surface area contributed by atoms with Crippen molar-refractivity contribution in [2.24, 2.45) is 0 Å². The number of rotatable bonds is 4. The monoisotopic (exact) mass is 374 g/mol. The number of nitrogens with zero attached hydrogens (tertiary/aromatic N) is 3. The molecule has 0 aromatic carbocycles. The lowest BCUT2D eigenvalue weighted by atomic mass is 9.97. The van der Waals surface area contributed by atoms with Crippen molar-refractivity contribution in [3.05, 3.63) is 45.1 Å². The van der Waals surface area contributed by atoms with Gasteiger partial charge in [0, 0.05) is 34.8 Å². The van der Waals surface area contributed by atoms with Crippen molar-refractivity contribution in [3.8, 4) is 11.5 Å². The van der Waals surface area contributed by atoms with Crippen LogP contribution in [0.1, 0.15) is 29.5 Å². The smallest absolute Gasteiger partial charge is 0.317 e. The molecule has 1 fully saturated rings. The lowest BCUT2D eigenvalue weighted by Crippen LogP contribution is -2.43. The van der Waals surface area contributed by atoms with Gasteiger partial charge in [0.25, 0.3) is 0 Å². The molecule has 0 unspecified atom stereocenters. The first-order valence-electron chi connectivity index (χ1n) is 8.21. The molecule has 2 amide bonds. The van der Waals surface area contributed by atoms with E-state index < -0.39 is 0 Å². The second-order valence-corrected chi connectivity index (χ2v) is 7.77. The van der Waals surface area contributed by atoms with Gasteiger partial charge in [0.15, 0.2) is 0 Å². The fourth-order valence-corrected chi connectivity index (χ4v) is 4.19. The van der Waals surface area contributed by atoms with Gasteiger partial charge in [-0.2, -0.15) is 11.3 Å². The largest absolute Gasteiger partial charge is 0.420 e. The Labute approximate surface area is 153 Å². The van der Waals surface area contributed by atoms with E-state index in [4.69, 9.17) is 4.42 Å². The van der Waals surface area contributed by atoms with Crippen LogP contribution in [0.4, 0.5) is 4.79 Å². The van der Waals surface area contributed by atoms with Crippen molar-refractivity contribution in [2.75, 3.05) is 13.1 Å². The molecule has 6 nitrogen and oxygen atoms in total. The fourth-order valence-electron chi connectivity index (χ4n) is 2.92. The Hall–Kier alpha value is -2.19. The van der Waals surface area contributed by atoms with Crippen molar-refractivity contribution in [1.29, 1.82) is 0 Å². The van der Waals surface area contributed by atoms with Gasteiger partial charge in [-0.25, -0.2) is 4.79 Å². The van der Waals surface area contributed by atoms with Crippen LogP contribution in [0, 0.1) is 0 Å².